The molecule has 0 saturated carbocycles. The highest BCUT2D eigenvalue weighted by Crippen LogP contribution is 2.29. The SMILES string of the molecule is COc1ccc2c(c1)C[C@@H](N[C@@H]1CCC(=O)N[C@H]1c1ccnn1C)CC2. The largest absolute Gasteiger partial charge is 0.497 e. The number of benzene rings is 1. The summed E-state index contributed by atoms with van der Waals surface area (Å²) in [6, 6.07) is 8.97. The van der Waals surface area contributed by atoms with Gasteiger partial charge in [-0.1, -0.05) is 6.07 Å². The molecule has 26 heavy (non-hydrogen) atoms. The van der Waals surface area contributed by atoms with Gasteiger partial charge < -0.3 is 15.4 Å². The van der Waals surface area contributed by atoms with E-state index >= 15 is 0 Å². The topological polar surface area (TPSA) is 68.2 Å². The summed E-state index contributed by atoms with van der Waals surface area (Å²) in [5, 5.41) is 11.3. The predicted molar refractivity (Wildman–Crippen MR) is 99.1 cm³/mol. The number of hydrogen-bond donors (Lipinski definition) is 2. The van der Waals surface area contributed by atoms with Gasteiger partial charge >= 0.3 is 0 Å². The van der Waals surface area contributed by atoms with Crippen LogP contribution in [0.1, 0.15) is 42.1 Å². The summed E-state index contributed by atoms with van der Waals surface area (Å²) in [5.74, 6) is 1.04. The van der Waals surface area contributed by atoms with Gasteiger partial charge in [-0.05, 0) is 55.0 Å². The van der Waals surface area contributed by atoms with Crippen molar-refractivity contribution in [2.75, 3.05) is 7.11 Å². The van der Waals surface area contributed by atoms with Gasteiger partial charge in [-0.15, -0.1) is 0 Å². The molecule has 6 heteroatoms. The zero-order chi connectivity index (χ0) is 18.1. The molecule has 1 aromatic carbocycles. The van der Waals surface area contributed by atoms with Crippen LogP contribution in [0.15, 0.2) is 30.5 Å². The highest BCUT2D eigenvalue weighted by atomic mass is 16.5. The number of aryl methyl sites for hydroxylation is 2. The average Bonchev–Trinajstić information content (AvgIpc) is 3.08. The van der Waals surface area contributed by atoms with Gasteiger partial charge in [0.25, 0.3) is 0 Å². The van der Waals surface area contributed by atoms with E-state index in [4.69, 9.17) is 4.74 Å². The summed E-state index contributed by atoms with van der Waals surface area (Å²) in [6.45, 7) is 0. The molecule has 1 aliphatic carbocycles. The average molecular weight is 354 g/mol. The molecule has 1 saturated heterocycles. The molecule has 2 aliphatic rings. The fourth-order valence-electron chi connectivity index (χ4n) is 4.25. The van der Waals surface area contributed by atoms with E-state index in [9.17, 15) is 4.79 Å². The molecule has 2 aromatic rings. The zero-order valence-corrected chi connectivity index (χ0v) is 15.4. The summed E-state index contributed by atoms with van der Waals surface area (Å²) < 4.78 is 7.23. The molecule has 1 amide bonds. The summed E-state index contributed by atoms with van der Waals surface area (Å²) in [6.07, 6.45) is 6.39. The van der Waals surface area contributed by atoms with Gasteiger partial charge in [0.2, 0.25) is 5.91 Å². The molecule has 0 unspecified atom stereocenters. The molecule has 1 aliphatic heterocycles. The van der Waals surface area contributed by atoms with Crippen molar-refractivity contribution < 1.29 is 9.53 Å². The van der Waals surface area contributed by atoms with Crippen molar-refractivity contribution >= 4 is 5.91 Å². The van der Waals surface area contributed by atoms with Crippen LogP contribution in [0.5, 0.6) is 5.75 Å². The van der Waals surface area contributed by atoms with E-state index in [0.29, 0.717) is 12.5 Å². The number of nitrogens with zero attached hydrogens (tertiary/aromatic N) is 2. The molecular weight excluding hydrogens is 328 g/mol. The Morgan fingerprint density at radius 3 is 2.88 bits per heavy atom. The maximum absolute atomic E-state index is 12.0. The normalized spacial score (nSPS) is 25.5. The Labute approximate surface area is 153 Å². The van der Waals surface area contributed by atoms with Crippen LogP contribution in [-0.2, 0) is 24.7 Å². The van der Waals surface area contributed by atoms with Crippen LogP contribution in [0.4, 0.5) is 0 Å². The number of fused-ring (bicyclic) bond motifs is 1. The highest BCUT2D eigenvalue weighted by Gasteiger charge is 2.33. The molecule has 1 aromatic heterocycles. The number of piperidine rings is 1. The Hall–Kier alpha value is -2.34. The van der Waals surface area contributed by atoms with E-state index < -0.39 is 0 Å². The van der Waals surface area contributed by atoms with Crippen LogP contribution < -0.4 is 15.4 Å². The molecule has 6 nitrogen and oxygen atoms in total. The number of amides is 1. The Bertz CT molecular complexity index is 801. The highest BCUT2D eigenvalue weighted by molar-refractivity contribution is 5.77. The van der Waals surface area contributed by atoms with Crippen LogP contribution in [-0.4, -0.2) is 34.9 Å². The monoisotopic (exact) mass is 354 g/mol. The summed E-state index contributed by atoms with van der Waals surface area (Å²) in [4.78, 5) is 12.0. The first kappa shape index (κ1) is 17.1. The minimum atomic E-state index is -0.0320. The van der Waals surface area contributed by atoms with Crippen molar-refractivity contribution in [1.29, 1.82) is 0 Å². The lowest BCUT2D eigenvalue weighted by atomic mass is 9.86. The quantitative estimate of drug-likeness (QED) is 0.880. The zero-order valence-electron chi connectivity index (χ0n) is 15.4. The Morgan fingerprint density at radius 1 is 1.23 bits per heavy atom. The van der Waals surface area contributed by atoms with Gasteiger partial charge in [0.15, 0.2) is 0 Å². The van der Waals surface area contributed by atoms with Gasteiger partial charge in [0.05, 0.1) is 18.8 Å². The third kappa shape index (κ3) is 3.33. The Kier molecular flexibility index (Phi) is 4.68. The van der Waals surface area contributed by atoms with Crippen molar-refractivity contribution in [2.24, 2.45) is 7.05 Å². The number of carbonyl (C=O) groups is 1. The summed E-state index contributed by atoms with van der Waals surface area (Å²) in [5.41, 5.74) is 3.84. The predicted octanol–water partition coefficient (Wildman–Crippen LogP) is 1.90. The first-order valence-electron chi connectivity index (χ1n) is 9.33. The standard InChI is InChI=1S/C20H26N4O2/c1-24-18(9-10-21-24)20-17(7-8-19(25)23-20)22-15-5-3-13-4-6-16(26-2)12-14(13)11-15/h4,6,9-10,12,15,17,20,22H,3,5,7-8,11H2,1-2H3,(H,23,25)/t15-,17+,20+/m0/s1. The van der Waals surface area contributed by atoms with E-state index in [1.54, 1.807) is 13.3 Å². The van der Waals surface area contributed by atoms with Gasteiger partial charge in [0, 0.05) is 31.7 Å². The molecule has 0 radical (unpaired) electrons. The third-order valence-corrected chi connectivity index (χ3v) is 5.67. The van der Waals surface area contributed by atoms with Crippen molar-refractivity contribution in [3.8, 4) is 5.75 Å². The first-order chi connectivity index (χ1) is 12.6. The van der Waals surface area contributed by atoms with Crippen molar-refractivity contribution in [3.05, 3.63) is 47.3 Å². The number of ether oxygens (including phenoxy) is 1. The number of methoxy groups -OCH3 is 1. The number of nitrogens with one attached hydrogen (secondary N) is 2. The van der Waals surface area contributed by atoms with Crippen LogP contribution in [0.25, 0.3) is 0 Å². The Balaban J connectivity index is 1.50. The lowest BCUT2D eigenvalue weighted by Crippen LogP contribution is -2.52. The number of rotatable bonds is 4. The lowest BCUT2D eigenvalue weighted by molar-refractivity contribution is -0.124. The van der Waals surface area contributed by atoms with Crippen LogP contribution in [0.3, 0.4) is 0 Å². The fraction of sp³-hybridized carbons (Fsp3) is 0.500. The smallest absolute Gasteiger partial charge is 0.220 e. The lowest BCUT2D eigenvalue weighted by Gasteiger charge is -2.37. The second-order valence-corrected chi connectivity index (χ2v) is 7.31. The minimum Gasteiger partial charge on any atom is -0.497 e. The van der Waals surface area contributed by atoms with Crippen LogP contribution >= 0.6 is 0 Å². The fourth-order valence-corrected chi connectivity index (χ4v) is 4.25. The van der Waals surface area contributed by atoms with E-state index in [-0.39, 0.29) is 18.0 Å². The van der Waals surface area contributed by atoms with E-state index in [1.807, 2.05) is 23.9 Å². The van der Waals surface area contributed by atoms with Crippen LogP contribution in [0.2, 0.25) is 0 Å². The molecule has 1 fully saturated rings. The Morgan fingerprint density at radius 2 is 2.12 bits per heavy atom. The number of hydrogen-bond acceptors (Lipinski definition) is 4. The molecule has 138 valence electrons. The maximum Gasteiger partial charge on any atom is 0.220 e. The molecule has 4 rings (SSSR count). The number of aromatic nitrogens is 2. The molecule has 2 heterocycles. The second kappa shape index (κ2) is 7.11. The van der Waals surface area contributed by atoms with E-state index in [0.717, 1.165) is 37.1 Å². The van der Waals surface area contributed by atoms with Gasteiger partial charge in [-0.3, -0.25) is 9.48 Å². The van der Waals surface area contributed by atoms with Crippen LogP contribution in [0, 0.1) is 0 Å². The maximum atomic E-state index is 12.0. The van der Waals surface area contributed by atoms with Gasteiger partial charge in [-0.25, -0.2) is 0 Å². The second-order valence-electron chi connectivity index (χ2n) is 7.31. The molecule has 0 bridgehead atoms. The summed E-state index contributed by atoms with van der Waals surface area (Å²) >= 11 is 0. The first-order valence-corrected chi connectivity index (χ1v) is 9.33. The van der Waals surface area contributed by atoms with Gasteiger partial charge in [-0.2, -0.15) is 5.10 Å². The van der Waals surface area contributed by atoms with Crippen molar-refractivity contribution in [3.63, 3.8) is 0 Å². The molecule has 3 atom stereocenters. The van der Waals surface area contributed by atoms with Crippen molar-refractivity contribution in [1.82, 2.24) is 20.4 Å². The molecule has 0 spiro atoms. The van der Waals surface area contributed by atoms with E-state index in [2.05, 4.69) is 27.9 Å². The molecular formula is C20H26N4O2. The van der Waals surface area contributed by atoms with Gasteiger partial charge in [0.1, 0.15) is 5.75 Å². The van der Waals surface area contributed by atoms with Crippen molar-refractivity contribution in [2.45, 2.75) is 50.2 Å². The van der Waals surface area contributed by atoms with E-state index in [1.165, 1.54) is 11.1 Å². The molecule has 2 N–H and O–H groups in total. The summed E-state index contributed by atoms with van der Waals surface area (Å²) in [7, 11) is 3.64. The minimum absolute atomic E-state index is 0.0320. The number of carbonyl (C=O) groups excluding carboxylic acids is 1. The third-order valence-electron chi connectivity index (χ3n) is 5.67.